The van der Waals surface area contributed by atoms with Crippen molar-refractivity contribution in [1.82, 2.24) is 24.2 Å². The summed E-state index contributed by atoms with van der Waals surface area (Å²) in [6.07, 6.45) is 10.3. The van der Waals surface area contributed by atoms with Gasteiger partial charge in [-0.15, -0.1) is 0 Å². The summed E-state index contributed by atoms with van der Waals surface area (Å²) in [5.41, 5.74) is 0. The maximum Gasteiger partial charge on any atom is 0.323 e. The van der Waals surface area contributed by atoms with Crippen molar-refractivity contribution in [3.8, 4) is 0 Å². The van der Waals surface area contributed by atoms with E-state index in [1.807, 2.05) is 26.4 Å². The molecule has 8 heteroatoms. The minimum atomic E-state index is -0.0490. The van der Waals surface area contributed by atoms with Crippen LogP contribution in [0, 0.1) is 5.92 Å². The second-order valence-electron chi connectivity index (χ2n) is 6.81. The first-order valence-electron chi connectivity index (χ1n) is 8.92. The molecule has 1 N–H and O–H groups in total. The molecule has 0 saturated carbocycles. The number of rotatable bonds is 5. The molecular weight excluding hydrogens is 320 g/mol. The lowest BCUT2D eigenvalue weighted by molar-refractivity contribution is 0.181. The third kappa shape index (κ3) is 3.68. The molecule has 134 valence electrons. The Labute approximate surface area is 146 Å². The number of imidazole rings is 1. The predicted molar refractivity (Wildman–Crippen MR) is 92.1 cm³/mol. The molecule has 0 radical (unpaired) electrons. The molecule has 2 fully saturated rings. The van der Waals surface area contributed by atoms with Gasteiger partial charge in [-0.2, -0.15) is 5.10 Å². The Hall–Kier alpha value is -2.35. The molecule has 2 aliphatic rings. The average Bonchev–Trinajstić information content (AvgIpc) is 3.37. The van der Waals surface area contributed by atoms with E-state index in [0.29, 0.717) is 5.92 Å². The minimum Gasteiger partial charge on any atom is -0.381 e. The van der Waals surface area contributed by atoms with Gasteiger partial charge in [0, 0.05) is 50.6 Å². The van der Waals surface area contributed by atoms with Crippen LogP contribution in [0.2, 0.25) is 0 Å². The maximum absolute atomic E-state index is 12.8. The summed E-state index contributed by atoms with van der Waals surface area (Å²) in [6.45, 7) is 3.94. The van der Waals surface area contributed by atoms with Gasteiger partial charge in [0.05, 0.1) is 25.2 Å². The van der Waals surface area contributed by atoms with Crippen LogP contribution in [0.4, 0.5) is 10.6 Å². The van der Waals surface area contributed by atoms with Crippen LogP contribution in [-0.2, 0) is 17.8 Å². The zero-order valence-corrected chi connectivity index (χ0v) is 14.3. The monoisotopic (exact) mass is 344 g/mol. The van der Waals surface area contributed by atoms with E-state index >= 15 is 0 Å². The highest BCUT2D eigenvalue weighted by molar-refractivity contribution is 5.88. The second kappa shape index (κ2) is 7.26. The number of amides is 2. The van der Waals surface area contributed by atoms with Gasteiger partial charge in [0.15, 0.2) is 0 Å². The number of carbonyl (C=O) groups is 1. The van der Waals surface area contributed by atoms with E-state index in [0.717, 1.165) is 57.9 Å². The number of nitrogens with zero attached hydrogens (tertiary/aromatic N) is 5. The number of hydrogen-bond acceptors (Lipinski definition) is 4. The predicted octanol–water partition coefficient (Wildman–Crippen LogP) is 1.81. The molecule has 0 unspecified atom stereocenters. The van der Waals surface area contributed by atoms with Gasteiger partial charge in [-0.1, -0.05) is 0 Å². The van der Waals surface area contributed by atoms with Gasteiger partial charge in [-0.3, -0.25) is 5.32 Å². The van der Waals surface area contributed by atoms with E-state index < -0.39 is 0 Å². The Bertz CT molecular complexity index is 692. The van der Waals surface area contributed by atoms with E-state index in [-0.39, 0.29) is 12.1 Å². The van der Waals surface area contributed by atoms with E-state index in [1.54, 1.807) is 18.7 Å². The number of carbonyl (C=O) groups excluding carboxylic acids is 1. The van der Waals surface area contributed by atoms with Crippen LogP contribution in [0.15, 0.2) is 31.0 Å². The van der Waals surface area contributed by atoms with Crippen LogP contribution >= 0.6 is 0 Å². The molecule has 2 aromatic rings. The van der Waals surface area contributed by atoms with Gasteiger partial charge >= 0.3 is 6.03 Å². The average molecular weight is 344 g/mol. The number of ether oxygens (including phenoxy) is 1. The Morgan fingerprint density at radius 2 is 2.28 bits per heavy atom. The van der Waals surface area contributed by atoms with Gasteiger partial charge in [0.25, 0.3) is 0 Å². The normalized spacial score (nSPS) is 23.3. The number of aromatic nitrogens is 4. The van der Waals surface area contributed by atoms with Gasteiger partial charge in [0.1, 0.15) is 5.82 Å². The van der Waals surface area contributed by atoms with Crippen molar-refractivity contribution in [3.63, 3.8) is 0 Å². The second-order valence-corrected chi connectivity index (χ2v) is 6.81. The highest BCUT2D eigenvalue weighted by Gasteiger charge is 2.29. The number of urea groups is 1. The third-order valence-corrected chi connectivity index (χ3v) is 5.03. The first-order chi connectivity index (χ1) is 12.3. The summed E-state index contributed by atoms with van der Waals surface area (Å²) in [7, 11) is 0. The fraction of sp³-hybridized carbons (Fsp3) is 0.588. The first kappa shape index (κ1) is 16.1. The fourth-order valence-corrected chi connectivity index (χ4v) is 3.67. The zero-order chi connectivity index (χ0) is 17.1. The lowest BCUT2D eigenvalue weighted by Crippen LogP contribution is -2.41. The van der Waals surface area contributed by atoms with Crippen LogP contribution in [0.25, 0.3) is 0 Å². The van der Waals surface area contributed by atoms with Gasteiger partial charge in [-0.05, 0) is 19.3 Å². The summed E-state index contributed by atoms with van der Waals surface area (Å²) in [5.74, 6) is 1.22. The molecule has 2 aromatic heterocycles. The van der Waals surface area contributed by atoms with Gasteiger partial charge in [-0.25, -0.2) is 14.5 Å². The van der Waals surface area contributed by atoms with Crippen molar-refractivity contribution in [2.45, 2.75) is 38.4 Å². The molecule has 2 atom stereocenters. The summed E-state index contributed by atoms with van der Waals surface area (Å²) >= 11 is 0. The third-order valence-electron chi connectivity index (χ3n) is 5.03. The van der Waals surface area contributed by atoms with Crippen molar-refractivity contribution in [3.05, 3.63) is 31.0 Å². The van der Waals surface area contributed by atoms with Gasteiger partial charge in [0.2, 0.25) is 0 Å². The Morgan fingerprint density at radius 1 is 1.32 bits per heavy atom. The Balaban J connectivity index is 1.38. The number of hydrogen-bond donors (Lipinski definition) is 1. The Morgan fingerprint density at radius 3 is 3.08 bits per heavy atom. The number of likely N-dealkylation sites (tertiary alicyclic amines) is 1. The lowest BCUT2D eigenvalue weighted by atomic mass is 10.1. The molecule has 2 amide bonds. The summed E-state index contributed by atoms with van der Waals surface area (Å²) in [6, 6.07) is 2.01. The van der Waals surface area contributed by atoms with Crippen molar-refractivity contribution in [2.24, 2.45) is 5.92 Å². The van der Waals surface area contributed by atoms with Crippen molar-refractivity contribution in [2.75, 3.05) is 25.1 Å². The lowest BCUT2D eigenvalue weighted by Gasteiger charge is -2.25. The molecule has 0 spiro atoms. The van der Waals surface area contributed by atoms with Crippen molar-refractivity contribution >= 4 is 11.8 Å². The SMILES string of the molecule is O=C(Nc1ccnn1C[C@@H]1CCOC1)N1CCC[C@@H]1Cn1ccnc1. The highest BCUT2D eigenvalue weighted by Crippen LogP contribution is 2.21. The zero-order valence-electron chi connectivity index (χ0n) is 14.3. The summed E-state index contributed by atoms with van der Waals surface area (Å²) in [5, 5.41) is 7.39. The number of nitrogens with one attached hydrogen (secondary N) is 1. The molecule has 25 heavy (non-hydrogen) atoms. The van der Waals surface area contributed by atoms with E-state index in [1.165, 1.54) is 0 Å². The van der Waals surface area contributed by atoms with Crippen LogP contribution in [0.3, 0.4) is 0 Å². The molecule has 0 bridgehead atoms. The molecule has 0 aromatic carbocycles. The standard InChI is InChI=1S/C17H24N6O2/c24-17(22-7-1-2-15(22)11-21-8-6-18-13-21)20-16-3-5-19-23(16)10-14-4-9-25-12-14/h3,5-6,8,13-15H,1-2,4,7,9-12H2,(H,20,24)/t14-,15+/m0/s1. The largest absolute Gasteiger partial charge is 0.381 e. The summed E-state index contributed by atoms with van der Waals surface area (Å²) in [4.78, 5) is 18.8. The number of anilines is 1. The Kier molecular flexibility index (Phi) is 4.69. The van der Waals surface area contributed by atoms with E-state index in [9.17, 15) is 4.79 Å². The van der Waals surface area contributed by atoms with Crippen LogP contribution in [-0.4, -0.2) is 56.1 Å². The molecule has 8 nitrogen and oxygen atoms in total. The topological polar surface area (TPSA) is 77.2 Å². The molecule has 4 heterocycles. The molecule has 2 saturated heterocycles. The highest BCUT2D eigenvalue weighted by atomic mass is 16.5. The first-order valence-corrected chi connectivity index (χ1v) is 8.92. The quantitative estimate of drug-likeness (QED) is 0.897. The maximum atomic E-state index is 12.8. The molecule has 4 rings (SSSR count). The van der Waals surface area contributed by atoms with Crippen LogP contribution in [0.1, 0.15) is 19.3 Å². The summed E-state index contributed by atoms with van der Waals surface area (Å²) < 4.78 is 9.33. The van der Waals surface area contributed by atoms with Crippen molar-refractivity contribution in [1.29, 1.82) is 0 Å². The van der Waals surface area contributed by atoms with Gasteiger partial charge < -0.3 is 14.2 Å². The fourth-order valence-electron chi connectivity index (χ4n) is 3.67. The van der Waals surface area contributed by atoms with Crippen LogP contribution < -0.4 is 5.32 Å². The van der Waals surface area contributed by atoms with Crippen molar-refractivity contribution < 1.29 is 9.53 Å². The van der Waals surface area contributed by atoms with Crippen LogP contribution in [0.5, 0.6) is 0 Å². The molecular formula is C17H24N6O2. The van der Waals surface area contributed by atoms with E-state index in [4.69, 9.17) is 4.74 Å². The molecule has 2 aliphatic heterocycles. The van der Waals surface area contributed by atoms with E-state index in [2.05, 4.69) is 15.4 Å². The molecule has 0 aliphatic carbocycles. The minimum absolute atomic E-state index is 0.0490. The smallest absolute Gasteiger partial charge is 0.323 e.